The van der Waals surface area contributed by atoms with Crippen LogP contribution in [0.4, 0.5) is 0 Å². The highest BCUT2D eigenvalue weighted by Crippen LogP contribution is 2.31. The fraction of sp³-hybridized carbons (Fsp3) is 0.438. The molecule has 2 aromatic rings. The number of fused-ring (bicyclic) bond motifs is 1. The number of rotatable bonds is 4. The van der Waals surface area contributed by atoms with Crippen molar-refractivity contribution in [3.8, 4) is 5.75 Å². The molecule has 0 spiro atoms. The topological polar surface area (TPSA) is 47.3 Å². The van der Waals surface area contributed by atoms with Crippen molar-refractivity contribution in [2.75, 3.05) is 6.61 Å². The van der Waals surface area contributed by atoms with E-state index in [0.717, 1.165) is 37.0 Å². The molecular weight excluding hydrogens is 252 g/mol. The van der Waals surface area contributed by atoms with Crippen LogP contribution in [-0.4, -0.2) is 21.5 Å². The molecule has 0 amide bonds. The van der Waals surface area contributed by atoms with Gasteiger partial charge in [-0.25, -0.2) is 0 Å². The van der Waals surface area contributed by atoms with Gasteiger partial charge in [0, 0.05) is 19.7 Å². The van der Waals surface area contributed by atoms with Crippen molar-refractivity contribution in [1.29, 1.82) is 0 Å². The first-order chi connectivity index (χ1) is 9.72. The Morgan fingerprint density at radius 1 is 1.45 bits per heavy atom. The Morgan fingerprint density at radius 3 is 3.15 bits per heavy atom. The van der Waals surface area contributed by atoms with Crippen LogP contribution in [0.2, 0.25) is 0 Å². The van der Waals surface area contributed by atoms with Crippen LogP contribution in [-0.2, 0) is 19.9 Å². The lowest BCUT2D eigenvalue weighted by Gasteiger charge is -2.21. The number of ether oxygens (including phenoxy) is 1. The third kappa shape index (κ3) is 2.85. The van der Waals surface area contributed by atoms with Gasteiger partial charge in [-0.05, 0) is 48.1 Å². The van der Waals surface area contributed by atoms with E-state index in [1.54, 1.807) is 4.68 Å². The summed E-state index contributed by atoms with van der Waals surface area (Å²) in [4.78, 5) is 0. The summed E-state index contributed by atoms with van der Waals surface area (Å²) in [5, 5.41) is 14.1. The number of aryl methyl sites for hydroxylation is 2. The SMILES string of the molecule is Cn1cc(CCOc2ccc3c(c2)CCCC3O)cn1. The molecule has 1 aromatic carbocycles. The summed E-state index contributed by atoms with van der Waals surface area (Å²) in [6, 6.07) is 6.02. The molecule has 0 bridgehead atoms. The molecule has 1 heterocycles. The van der Waals surface area contributed by atoms with E-state index in [2.05, 4.69) is 11.2 Å². The van der Waals surface area contributed by atoms with Crippen molar-refractivity contribution in [3.05, 3.63) is 47.3 Å². The molecule has 0 saturated heterocycles. The van der Waals surface area contributed by atoms with E-state index < -0.39 is 0 Å². The summed E-state index contributed by atoms with van der Waals surface area (Å²) < 4.78 is 7.60. The fourth-order valence-electron chi connectivity index (χ4n) is 2.74. The van der Waals surface area contributed by atoms with Gasteiger partial charge >= 0.3 is 0 Å². The van der Waals surface area contributed by atoms with Gasteiger partial charge in [0.2, 0.25) is 0 Å². The number of nitrogens with zero attached hydrogens (tertiary/aromatic N) is 2. The summed E-state index contributed by atoms with van der Waals surface area (Å²) in [6.07, 6.45) is 7.38. The molecule has 3 rings (SSSR count). The molecule has 4 heteroatoms. The van der Waals surface area contributed by atoms with Crippen molar-refractivity contribution < 1.29 is 9.84 Å². The second-order valence-electron chi connectivity index (χ2n) is 5.39. The largest absolute Gasteiger partial charge is 0.493 e. The Balaban J connectivity index is 1.60. The monoisotopic (exact) mass is 272 g/mol. The molecule has 1 N–H and O–H groups in total. The molecular formula is C16H20N2O2. The van der Waals surface area contributed by atoms with Crippen LogP contribution in [0.15, 0.2) is 30.6 Å². The second-order valence-corrected chi connectivity index (χ2v) is 5.39. The minimum absolute atomic E-state index is 0.303. The molecule has 4 nitrogen and oxygen atoms in total. The lowest BCUT2D eigenvalue weighted by atomic mass is 9.89. The summed E-state index contributed by atoms with van der Waals surface area (Å²) in [5.41, 5.74) is 3.47. The number of aliphatic hydroxyl groups excluding tert-OH is 1. The van der Waals surface area contributed by atoms with Gasteiger partial charge in [-0.3, -0.25) is 4.68 Å². The standard InChI is InChI=1S/C16H20N2O2/c1-18-11-12(10-17-18)7-8-20-14-5-6-15-13(9-14)3-2-4-16(15)19/h5-6,9-11,16,19H,2-4,7-8H2,1H3. The van der Waals surface area contributed by atoms with Crippen molar-refractivity contribution in [2.24, 2.45) is 7.05 Å². The first kappa shape index (κ1) is 13.2. The van der Waals surface area contributed by atoms with Gasteiger partial charge in [0.05, 0.1) is 18.9 Å². The third-order valence-corrected chi connectivity index (χ3v) is 3.81. The summed E-state index contributed by atoms with van der Waals surface area (Å²) >= 11 is 0. The summed E-state index contributed by atoms with van der Waals surface area (Å²) in [6.45, 7) is 0.646. The minimum Gasteiger partial charge on any atom is -0.493 e. The van der Waals surface area contributed by atoms with E-state index in [9.17, 15) is 5.11 Å². The van der Waals surface area contributed by atoms with Gasteiger partial charge in [0.15, 0.2) is 0 Å². The molecule has 1 atom stereocenters. The Hall–Kier alpha value is -1.81. The van der Waals surface area contributed by atoms with Gasteiger partial charge in [-0.2, -0.15) is 5.10 Å². The molecule has 20 heavy (non-hydrogen) atoms. The maximum absolute atomic E-state index is 9.93. The Labute approximate surface area is 119 Å². The molecule has 106 valence electrons. The Kier molecular flexibility index (Phi) is 3.74. The fourth-order valence-corrected chi connectivity index (χ4v) is 2.74. The van der Waals surface area contributed by atoms with Crippen LogP contribution in [0.1, 0.15) is 35.6 Å². The Morgan fingerprint density at radius 2 is 2.35 bits per heavy atom. The number of hydrogen-bond donors (Lipinski definition) is 1. The number of hydrogen-bond acceptors (Lipinski definition) is 3. The highest BCUT2D eigenvalue weighted by Gasteiger charge is 2.17. The minimum atomic E-state index is -0.303. The van der Waals surface area contributed by atoms with Crippen molar-refractivity contribution in [2.45, 2.75) is 31.8 Å². The van der Waals surface area contributed by atoms with Gasteiger partial charge in [0.1, 0.15) is 5.75 Å². The van der Waals surface area contributed by atoms with Crippen LogP contribution >= 0.6 is 0 Å². The van der Waals surface area contributed by atoms with Crippen molar-refractivity contribution in [1.82, 2.24) is 9.78 Å². The average molecular weight is 272 g/mol. The molecule has 0 fully saturated rings. The zero-order valence-corrected chi connectivity index (χ0v) is 11.7. The average Bonchev–Trinajstić information content (AvgIpc) is 2.85. The van der Waals surface area contributed by atoms with E-state index in [1.165, 1.54) is 11.1 Å². The number of aliphatic hydroxyl groups is 1. The van der Waals surface area contributed by atoms with Crippen LogP contribution in [0.3, 0.4) is 0 Å². The molecule has 1 aromatic heterocycles. The van der Waals surface area contributed by atoms with Gasteiger partial charge in [-0.1, -0.05) is 6.07 Å². The van der Waals surface area contributed by atoms with Crippen LogP contribution < -0.4 is 4.74 Å². The van der Waals surface area contributed by atoms with E-state index in [0.29, 0.717) is 6.61 Å². The number of aromatic nitrogens is 2. The van der Waals surface area contributed by atoms with E-state index in [4.69, 9.17) is 4.74 Å². The van der Waals surface area contributed by atoms with Gasteiger partial charge in [-0.15, -0.1) is 0 Å². The van der Waals surface area contributed by atoms with Crippen LogP contribution in [0.5, 0.6) is 5.75 Å². The predicted octanol–water partition coefficient (Wildman–Crippen LogP) is 2.41. The summed E-state index contributed by atoms with van der Waals surface area (Å²) in [7, 11) is 1.92. The Bertz CT molecular complexity index is 592. The second kappa shape index (κ2) is 5.67. The zero-order valence-electron chi connectivity index (χ0n) is 11.7. The summed E-state index contributed by atoms with van der Waals surface area (Å²) in [5.74, 6) is 0.891. The zero-order chi connectivity index (χ0) is 13.9. The quantitative estimate of drug-likeness (QED) is 0.929. The molecule has 1 aliphatic carbocycles. The number of benzene rings is 1. The van der Waals surface area contributed by atoms with Gasteiger partial charge < -0.3 is 9.84 Å². The molecule has 0 radical (unpaired) electrons. The highest BCUT2D eigenvalue weighted by atomic mass is 16.5. The van der Waals surface area contributed by atoms with Crippen LogP contribution in [0.25, 0.3) is 0 Å². The van der Waals surface area contributed by atoms with Gasteiger partial charge in [0.25, 0.3) is 0 Å². The molecule has 1 aliphatic rings. The molecule has 1 unspecified atom stereocenters. The van der Waals surface area contributed by atoms with E-state index in [-0.39, 0.29) is 6.10 Å². The normalized spacial score (nSPS) is 17.8. The smallest absolute Gasteiger partial charge is 0.119 e. The first-order valence-corrected chi connectivity index (χ1v) is 7.13. The first-order valence-electron chi connectivity index (χ1n) is 7.13. The van der Waals surface area contributed by atoms with Crippen LogP contribution in [0, 0.1) is 0 Å². The molecule has 0 aliphatic heterocycles. The lowest BCUT2D eigenvalue weighted by Crippen LogP contribution is -2.09. The highest BCUT2D eigenvalue weighted by molar-refractivity contribution is 5.38. The predicted molar refractivity (Wildman–Crippen MR) is 76.7 cm³/mol. The molecule has 0 saturated carbocycles. The van der Waals surface area contributed by atoms with Crippen molar-refractivity contribution >= 4 is 0 Å². The van der Waals surface area contributed by atoms with E-state index >= 15 is 0 Å². The van der Waals surface area contributed by atoms with E-state index in [1.807, 2.05) is 31.6 Å². The maximum atomic E-state index is 9.93. The maximum Gasteiger partial charge on any atom is 0.119 e. The van der Waals surface area contributed by atoms with Crippen molar-refractivity contribution in [3.63, 3.8) is 0 Å². The third-order valence-electron chi connectivity index (χ3n) is 3.81. The lowest BCUT2D eigenvalue weighted by molar-refractivity contribution is 0.156.